The molecule has 1 aromatic heterocycles. The third-order valence-corrected chi connectivity index (χ3v) is 4.37. The van der Waals surface area contributed by atoms with E-state index in [4.69, 9.17) is 10.5 Å². The van der Waals surface area contributed by atoms with E-state index in [1.54, 1.807) is 23.5 Å². The van der Waals surface area contributed by atoms with Crippen LogP contribution in [0.25, 0.3) is 0 Å². The number of ether oxygens (including phenoxy) is 1. The van der Waals surface area contributed by atoms with Crippen molar-refractivity contribution in [2.45, 2.75) is 12.5 Å². The molecule has 1 heterocycles. The predicted molar refractivity (Wildman–Crippen MR) is 75.6 cm³/mol. The van der Waals surface area contributed by atoms with Gasteiger partial charge in [0.25, 0.3) is 0 Å². The van der Waals surface area contributed by atoms with Crippen molar-refractivity contribution in [1.82, 2.24) is 0 Å². The normalized spacial score (nSPS) is 12.4. The summed E-state index contributed by atoms with van der Waals surface area (Å²) in [5.74, 6) is 0.180. The van der Waals surface area contributed by atoms with Crippen molar-refractivity contribution in [3.05, 3.63) is 50.4 Å². The first-order valence-corrected chi connectivity index (χ1v) is 7.09. The van der Waals surface area contributed by atoms with Crippen molar-refractivity contribution in [1.29, 1.82) is 0 Å². The van der Waals surface area contributed by atoms with Gasteiger partial charge in [0, 0.05) is 38.8 Å². The minimum atomic E-state index is -0.346. The number of hydrogen-bond acceptors (Lipinski definition) is 3. The Kier molecular flexibility index (Phi) is 4.37. The Morgan fingerprint density at radius 3 is 2.78 bits per heavy atom. The maximum atomic E-state index is 13.8. The molecule has 0 aliphatic carbocycles. The average Bonchev–Trinajstić information content (AvgIpc) is 2.74. The number of benzene rings is 1. The Morgan fingerprint density at radius 1 is 1.44 bits per heavy atom. The van der Waals surface area contributed by atoms with Crippen LogP contribution in [-0.2, 0) is 6.42 Å². The van der Waals surface area contributed by atoms with Crippen molar-refractivity contribution >= 4 is 27.3 Å². The molecule has 0 amide bonds. The Labute approximate surface area is 118 Å². The largest absolute Gasteiger partial charge is 0.497 e. The quantitative estimate of drug-likeness (QED) is 0.923. The van der Waals surface area contributed by atoms with Gasteiger partial charge in [0.05, 0.1) is 7.11 Å². The molecule has 0 spiro atoms. The van der Waals surface area contributed by atoms with Crippen molar-refractivity contribution in [3.63, 3.8) is 0 Å². The first kappa shape index (κ1) is 13.5. The van der Waals surface area contributed by atoms with Crippen LogP contribution < -0.4 is 10.5 Å². The van der Waals surface area contributed by atoms with E-state index >= 15 is 0 Å². The van der Waals surface area contributed by atoms with Gasteiger partial charge in [0.15, 0.2) is 0 Å². The number of nitrogens with two attached hydrogens (primary N) is 1. The van der Waals surface area contributed by atoms with Gasteiger partial charge >= 0.3 is 0 Å². The van der Waals surface area contributed by atoms with Gasteiger partial charge < -0.3 is 10.5 Å². The van der Waals surface area contributed by atoms with Crippen molar-refractivity contribution in [2.75, 3.05) is 7.11 Å². The lowest BCUT2D eigenvalue weighted by atomic mass is 10.0. The molecule has 2 rings (SSSR count). The zero-order valence-corrected chi connectivity index (χ0v) is 12.2. The highest BCUT2D eigenvalue weighted by atomic mass is 79.9. The summed E-state index contributed by atoms with van der Waals surface area (Å²) >= 11 is 5.00. The van der Waals surface area contributed by atoms with E-state index in [1.165, 1.54) is 13.2 Å². The van der Waals surface area contributed by atoms with Gasteiger partial charge in [-0.25, -0.2) is 4.39 Å². The summed E-state index contributed by atoms with van der Waals surface area (Å²) in [7, 11) is 1.51. The van der Waals surface area contributed by atoms with E-state index in [2.05, 4.69) is 15.9 Å². The molecule has 2 aromatic rings. The Morgan fingerprint density at radius 2 is 2.22 bits per heavy atom. The molecule has 0 aliphatic rings. The fourth-order valence-electron chi connectivity index (χ4n) is 1.72. The molecule has 0 saturated carbocycles. The molecule has 1 unspecified atom stereocenters. The van der Waals surface area contributed by atoms with E-state index in [1.807, 2.05) is 11.4 Å². The van der Waals surface area contributed by atoms with Crippen LogP contribution in [-0.4, -0.2) is 7.11 Å². The zero-order valence-electron chi connectivity index (χ0n) is 9.82. The van der Waals surface area contributed by atoms with Gasteiger partial charge in [-0.1, -0.05) is 6.07 Å². The van der Waals surface area contributed by atoms with Crippen LogP contribution >= 0.6 is 27.3 Å². The standard InChI is InChI=1S/C13H13BrFNOS/c1-17-9-2-3-11(12(15)5-9)13(16)6-10-4-8(14)7-18-10/h2-5,7,13H,6,16H2,1H3. The summed E-state index contributed by atoms with van der Waals surface area (Å²) < 4.78 is 19.8. The minimum Gasteiger partial charge on any atom is -0.497 e. The zero-order chi connectivity index (χ0) is 13.1. The summed E-state index contributed by atoms with van der Waals surface area (Å²) in [4.78, 5) is 1.13. The summed E-state index contributed by atoms with van der Waals surface area (Å²) in [6.45, 7) is 0. The van der Waals surface area contributed by atoms with Crippen LogP contribution in [0, 0.1) is 5.82 Å². The summed E-state index contributed by atoms with van der Waals surface area (Å²) in [6, 6.07) is 6.43. The van der Waals surface area contributed by atoms with Crippen LogP contribution in [0.4, 0.5) is 4.39 Å². The highest BCUT2D eigenvalue weighted by Gasteiger charge is 2.13. The van der Waals surface area contributed by atoms with Crippen LogP contribution in [0.15, 0.2) is 34.1 Å². The van der Waals surface area contributed by atoms with Gasteiger partial charge in [-0.2, -0.15) is 0 Å². The maximum Gasteiger partial charge on any atom is 0.131 e. The lowest BCUT2D eigenvalue weighted by Gasteiger charge is -2.12. The monoisotopic (exact) mass is 329 g/mol. The minimum absolute atomic E-state index is 0.322. The second-order valence-corrected chi connectivity index (χ2v) is 5.84. The van der Waals surface area contributed by atoms with E-state index < -0.39 is 0 Å². The smallest absolute Gasteiger partial charge is 0.131 e. The first-order valence-electron chi connectivity index (χ1n) is 5.42. The molecular formula is C13H13BrFNOS. The highest BCUT2D eigenvalue weighted by molar-refractivity contribution is 9.10. The van der Waals surface area contributed by atoms with Gasteiger partial charge in [-0.15, -0.1) is 11.3 Å². The molecule has 1 atom stereocenters. The molecule has 18 heavy (non-hydrogen) atoms. The molecule has 5 heteroatoms. The number of halogens is 2. The molecular weight excluding hydrogens is 317 g/mol. The Bertz CT molecular complexity index is 544. The number of methoxy groups -OCH3 is 1. The van der Waals surface area contributed by atoms with Crippen molar-refractivity contribution in [3.8, 4) is 5.75 Å². The van der Waals surface area contributed by atoms with E-state index in [-0.39, 0.29) is 11.9 Å². The molecule has 96 valence electrons. The van der Waals surface area contributed by atoms with Crippen molar-refractivity contribution < 1.29 is 9.13 Å². The van der Waals surface area contributed by atoms with Crippen LogP contribution in [0.2, 0.25) is 0 Å². The third-order valence-electron chi connectivity index (χ3n) is 2.65. The molecule has 0 radical (unpaired) electrons. The van der Waals surface area contributed by atoms with Gasteiger partial charge in [-0.05, 0) is 28.1 Å². The number of rotatable bonds is 4. The predicted octanol–water partition coefficient (Wildman–Crippen LogP) is 3.90. The summed E-state index contributed by atoms with van der Waals surface area (Å²) in [5, 5.41) is 1.99. The Hall–Kier alpha value is -0.910. The fraction of sp³-hybridized carbons (Fsp3) is 0.231. The molecule has 2 nitrogen and oxygen atoms in total. The molecule has 0 saturated heterocycles. The highest BCUT2D eigenvalue weighted by Crippen LogP contribution is 2.27. The fourth-order valence-corrected chi connectivity index (χ4v) is 3.23. The molecule has 0 bridgehead atoms. The molecule has 1 aromatic carbocycles. The Balaban J connectivity index is 2.15. The van der Waals surface area contributed by atoms with E-state index in [0.717, 1.165) is 9.35 Å². The lowest BCUT2D eigenvalue weighted by Crippen LogP contribution is -2.14. The first-order chi connectivity index (χ1) is 8.60. The second-order valence-electron chi connectivity index (χ2n) is 3.93. The number of hydrogen-bond donors (Lipinski definition) is 1. The second kappa shape index (κ2) is 5.82. The van der Waals surface area contributed by atoms with Crippen LogP contribution in [0.1, 0.15) is 16.5 Å². The van der Waals surface area contributed by atoms with Gasteiger partial charge in [-0.3, -0.25) is 0 Å². The summed E-state index contributed by atoms with van der Waals surface area (Å²) in [5.41, 5.74) is 6.55. The van der Waals surface area contributed by atoms with E-state index in [9.17, 15) is 4.39 Å². The topological polar surface area (TPSA) is 35.2 Å². The summed E-state index contributed by atoms with van der Waals surface area (Å²) in [6.07, 6.45) is 0.625. The maximum absolute atomic E-state index is 13.8. The van der Waals surface area contributed by atoms with E-state index in [0.29, 0.717) is 17.7 Å². The van der Waals surface area contributed by atoms with Crippen LogP contribution in [0.5, 0.6) is 5.75 Å². The van der Waals surface area contributed by atoms with Crippen LogP contribution in [0.3, 0.4) is 0 Å². The SMILES string of the molecule is COc1ccc(C(N)Cc2cc(Br)cs2)c(F)c1. The van der Waals surface area contributed by atoms with Crippen molar-refractivity contribution in [2.24, 2.45) is 5.73 Å². The average molecular weight is 330 g/mol. The molecule has 0 aliphatic heterocycles. The lowest BCUT2D eigenvalue weighted by molar-refractivity contribution is 0.410. The molecule has 0 fully saturated rings. The molecule has 2 N–H and O–H groups in total. The van der Waals surface area contributed by atoms with Gasteiger partial charge in [0.2, 0.25) is 0 Å². The number of thiophene rings is 1. The van der Waals surface area contributed by atoms with Gasteiger partial charge in [0.1, 0.15) is 11.6 Å². The third kappa shape index (κ3) is 3.10.